The summed E-state index contributed by atoms with van der Waals surface area (Å²) in [4.78, 5) is 9.82. The second kappa shape index (κ2) is 8.51. The Morgan fingerprint density at radius 3 is 2.42 bits per heavy atom. The van der Waals surface area contributed by atoms with Gasteiger partial charge < -0.3 is 19.7 Å². The molecule has 4 rings (SSSR count). The summed E-state index contributed by atoms with van der Waals surface area (Å²) in [7, 11) is 0. The van der Waals surface area contributed by atoms with Crippen molar-refractivity contribution in [2.45, 2.75) is 32.0 Å². The van der Waals surface area contributed by atoms with Crippen LogP contribution in [0.25, 0.3) is 0 Å². The second-order valence-electron chi connectivity index (χ2n) is 7.21. The topological polar surface area (TPSA) is 49.3 Å². The minimum atomic E-state index is 0. The normalized spacial score (nSPS) is 35.9. The number of nitrogens with zero attached hydrogens (tertiary/aromatic N) is 3. The Labute approximate surface area is 162 Å². The number of hydrogen-bond donors (Lipinski definition) is 1. The van der Waals surface area contributed by atoms with Crippen LogP contribution >= 0.6 is 24.0 Å². The summed E-state index contributed by atoms with van der Waals surface area (Å²) < 4.78 is 11.5. The first-order valence-electron chi connectivity index (χ1n) is 9.34. The third-order valence-corrected chi connectivity index (χ3v) is 5.87. The first kappa shape index (κ1) is 18.7. The van der Waals surface area contributed by atoms with Crippen LogP contribution in [0.2, 0.25) is 0 Å². The summed E-state index contributed by atoms with van der Waals surface area (Å²) in [5.74, 6) is 2.57. The molecule has 4 heterocycles. The van der Waals surface area contributed by atoms with Crippen LogP contribution in [0.15, 0.2) is 4.99 Å². The molecular formula is C17H31IN4O2. The molecule has 0 aromatic rings. The number of guanidine groups is 1. The quantitative estimate of drug-likeness (QED) is 0.394. The SMILES string of the molecule is CCNC(=NCCN1CCOCC1)N1CC2C3CCC(O3)C2C1.I. The molecule has 0 radical (unpaired) electrons. The number of halogens is 1. The summed E-state index contributed by atoms with van der Waals surface area (Å²) in [5.41, 5.74) is 0. The standard InChI is InChI=1S/C17H30N4O2.HI/c1-2-18-17(19-5-6-20-7-9-22-10-8-20)21-11-13-14(12-21)16-4-3-15(13)23-16;/h13-16H,2-12H2,1H3,(H,18,19);1H. The van der Waals surface area contributed by atoms with Crippen LogP contribution in [0, 0.1) is 11.8 Å². The molecule has 4 aliphatic rings. The molecule has 0 amide bonds. The van der Waals surface area contributed by atoms with Crippen molar-refractivity contribution in [3.8, 4) is 0 Å². The minimum Gasteiger partial charge on any atom is -0.379 e. The highest BCUT2D eigenvalue weighted by Gasteiger charge is 2.53. The van der Waals surface area contributed by atoms with Gasteiger partial charge >= 0.3 is 0 Å². The van der Waals surface area contributed by atoms with Crippen molar-refractivity contribution in [3.63, 3.8) is 0 Å². The molecule has 6 nitrogen and oxygen atoms in total. The van der Waals surface area contributed by atoms with Crippen LogP contribution in [-0.2, 0) is 9.47 Å². The predicted molar refractivity (Wildman–Crippen MR) is 105 cm³/mol. The fourth-order valence-electron chi connectivity index (χ4n) is 4.68. The van der Waals surface area contributed by atoms with Crippen molar-refractivity contribution >= 4 is 29.9 Å². The second-order valence-corrected chi connectivity index (χ2v) is 7.21. The van der Waals surface area contributed by atoms with Gasteiger partial charge in [0.1, 0.15) is 0 Å². The maximum absolute atomic E-state index is 6.08. The van der Waals surface area contributed by atoms with E-state index >= 15 is 0 Å². The number of nitrogens with one attached hydrogen (secondary N) is 1. The zero-order valence-electron chi connectivity index (χ0n) is 14.7. The van der Waals surface area contributed by atoms with Gasteiger partial charge in [-0.05, 0) is 19.8 Å². The Hall–Kier alpha value is -0.120. The van der Waals surface area contributed by atoms with E-state index in [9.17, 15) is 0 Å². The molecule has 2 bridgehead atoms. The first-order valence-corrected chi connectivity index (χ1v) is 9.34. The molecule has 138 valence electrons. The molecule has 0 saturated carbocycles. The van der Waals surface area contributed by atoms with Gasteiger partial charge in [-0.1, -0.05) is 0 Å². The lowest BCUT2D eigenvalue weighted by Gasteiger charge is -2.27. The van der Waals surface area contributed by atoms with E-state index in [0.29, 0.717) is 12.2 Å². The van der Waals surface area contributed by atoms with Crippen LogP contribution in [0.1, 0.15) is 19.8 Å². The molecule has 4 aliphatic heterocycles. The number of aliphatic imine (C=N–C) groups is 1. The lowest BCUT2D eigenvalue weighted by atomic mass is 9.82. The Balaban J connectivity index is 0.00000169. The average molecular weight is 450 g/mol. The molecule has 4 fully saturated rings. The lowest BCUT2D eigenvalue weighted by molar-refractivity contribution is 0.0394. The van der Waals surface area contributed by atoms with Gasteiger partial charge in [0, 0.05) is 51.1 Å². The molecule has 4 unspecified atom stereocenters. The zero-order valence-corrected chi connectivity index (χ0v) is 17.0. The molecule has 24 heavy (non-hydrogen) atoms. The van der Waals surface area contributed by atoms with Crippen LogP contribution < -0.4 is 5.32 Å². The number of rotatable bonds is 4. The average Bonchev–Trinajstić information content (AvgIpc) is 3.28. The van der Waals surface area contributed by atoms with E-state index in [1.807, 2.05) is 0 Å². The molecule has 1 N–H and O–H groups in total. The fraction of sp³-hybridized carbons (Fsp3) is 0.941. The smallest absolute Gasteiger partial charge is 0.193 e. The third kappa shape index (κ3) is 3.83. The molecule has 0 aromatic heterocycles. The van der Waals surface area contributed by atoms with Gasteiger partial charge in [-0.2, -0.15) is 0 Å². The molecular weight excluding hydrogens is 419 g/mol. The van der Waals surface area contributed by atoms with Gasteiger partial charge in [0.15, 0.2) is 5.96 Å². The first-order chi connectivity index (χ1) is 11.3. The van der Waals surface area contributed by atoms with Crippen LogP contribution in [-0.4, -0.2) is 87.0 Å². The number of likely N-dealkylation sites (tertiary alicyclic amines) is 1. The van der Waals surface area contributed by atoms with E-state index in [4.69, 9.17) is 14.5 Å². The molecule has 4 atom stereocenters. The van der Waals surface area contributed by atoms with Gasteiger partial charge in [-0.3, -0.25) is 9.89 Å². The van der Waals surface area contributed by atoms with Gasteiger partial charge in [-0.15, -0.1) is 24.0 Å². The van der Waals surface area contributed by atoms with Crippen LogP contribution in [0.5, 0.6) is 0 Å². The van der Waals surface area contributed by atoms with Crippen molar-refractivity contribution in [1.82, 2.24) is 15.1 Å². The highest BCUT2D eigenvalue weighted by molar-refractivity contribution is 14.0. The van der Waals surface area contributed by atoms with E-state index in [1.54, 1.807) is 0 Å². The predicted octanol–water partition coefficient (Wildman–Crippen LogP) is 1.01. The minimum absolute atomic E-state index is 0. The number of hydrogen-bond acceptors (Lipinski definition) is 4. The van der Waals surface area contributed by atoms with Crippen molar-refractivity contribution in [2.75, 3.05) is 59.0 Å². The third-order valence-electron chi connectivity index (χ3n) is 5.87. The van der Waals surface area contributed by atoms with Crippen LogP contribution in [0.4, 0.5) is 0 Å². The highest BCUT2D eigenvalue weighted by Crippen LogP contribution is 2.47. The summed E-state index contributed by atoms with van der Waals surface area (Å²) >= 11 is 0. The molecule has 0 aliphatic carbocycles. The summed E-state index contributed by atoms with van der Waals surface area (Å²) in [6, 6.07) is 0. The Morgan fingerprint density at radius 2 is 1.79 bits per heavy atom. The van der Waals surface area contributed by atoms with E-state index < -0.39 is 0 Å². The fourth-order valence-corrected chi connectivity index (χ4v) is 4.68. The number of fused-ring (bicyclic) bond motifs is 5. The Bertz CT molecular complexity index is 426. The van der Waals surface area contributed by atoms with Crippen molar-refractivity contribution in [3.05, 3.63) is 0 Å². The zero-order chi connectivity index (χ0) is 15.6. The van der Waals surface area contributed by atoms with E-state index in [-0.39, 0.29) is 24.0 Å². The molecule has 0 aromatic carbocycles. The van der Waals surface area contributed by atoms with Gasteiger partial charge in [0.25, 0.3) is 0 Å². The van der Waals surface area contributed by atoms with Gasteiger partial charge in [0.2, 0.25) is 0 Å². The van der Waals surface area contributed by atoms with E-state index in [2.05, 4.69) is 22.0 Å². The molecule has 0 spiro atoms. The Kier molecular flexibility index (Phi) is 6.62. The summed E-state index contributed by atoms with van der Waals surface area (Å²) in [6.07, 6.45) is 3.58. The lowest BCUT2D eigenvalue weighted by Crippen LogP contribution is -2.42. The highest BCUT2D eigenvalue weighted by atomic mass is 127. The largest absolute Gasteiger partial charge is 0.379 e. The molecule has 4 saturated heterocycles. The van der Waals surface area contributed by atoms with Crippen molar-refractivity contribution < 1.29 is 9.47 Å². The van der Waals surface area contributed by atoms with Crippen molar-refractivity contribution in [2.24, 2.45) is 16.8 Å². The van der Waals surface area contributed by atoms with E-state index in [1.165, 1.54) is 12.8 Å². The van der Waals surface area contributed by atoms with Gasteiger partial charge in [-0.25, -0.2) is 0 Å². The van der Waals surface area contributed by atoms with Gasteiger partial charge in [0.05, 0.1) is 32.0 Å². The maximum Gasteiger partial charge on any atom is 0.193 e. The summed E-state index contributed by atoms with van der Waals surface area (Å²) in [5, 5.41) is 3.49. The van der Waals surface area contributed by atoms with Crippen LogP contribution in [0.3, 0.4) is 0 Å². The maximum atomic E-state index is 6.08. The summed E-state index contributed by atoms with van der Waals surface area (Å²) in [6.45, 7) is 11.0. The number of morpholine rings is 1. The Morgan fingerprint density at radius 1 is 1.12 bits per heavy atom. The monoisotopic (exact) mass is 450 g/mol. The van der Waals surface area contributed by atoms with Crippen molar-refractivity contribution in [1.29, 1.82) is 0 Å². The number of ether oxygens (including phenoxy) is 2. The van der Waals surface area contributed by atoms with E-state index in [0.717, 1.165) is 76.8 Å². The molecule has 7 heteroatoms.